The number of carbonyl (C=O) groups is 1. The van der Waals surface area contributed by atoms with Crippen LogP contribution in [0.2, 0.25) is 0 Å². The van der Waals surface area contributed by atoms with Gasteiger partial charge >= 0.3 is 5.97 Å². The van der Waals surface area contributed by atoms with Gasteiger partial charge in [0.25, 0.3) is 0 Å². The minimum Gasteiger partial charge on any atom is -0.468 e. The number of thioether (sulfide) groups is 1. The Hall–Kier alpha value is -0.260. The van der Waals surface area contributed by atoms with Crippen molar-refractivity contribution in [3.63, 3.8) is 0 Å². The molecule has 1 saturated carbocycles. The summed E-state index contributed by atoms with van der Waals surface area (Å²) in [7, 11) is 1.45. The van der Waals surface area contributed by atoms with E-state index < -0.39 is 5.54 Å². The summed E-state index contributed by atoms with van der Waals surface area (Å²) in [6.45, 7) is 6.31. The second kappa shape index (κ2) is 7.50. The Balaban J connectivity index is 2.48. The number of esters is 1. The number of hydrogen-bond donors (Lipinski definition) is 2. The van der Waals surface area contributed by atoms with E-state index in [0.717, 1.165) is 25.0 Å². The second-order valence-corrected chi connectivity index (χ2v) is 7.35. The first-order valence-electron chi connectivity index (χ1n) is 7.00. The highest BCUT2D eigenvalue weighted by molar-refractivity contribution is 7.99. The zero-order valence-electron chi connectivity index (χ0n) is 12.4. The molecule has 0 aromatic rings. The maximum atomic E-state index is 12.0. The molecule has 5 heteroatoms. The highest BCUT2D eigenvalue weighted by Gasteiger charge is 2.40. The topological polar surface area (TPSA) is 58.6 Å². The Bertz CT molecular complexity index is 296. The van der Waals surface area contributed by atoms with Crippen molar-refractivity contribution < 1.29 is 14.6 Å². The third-order valence-corrected chi connectivity index (χ3v) is 4.91. The van der Waals surface area contributed by atoms with Crippen LogP contribution in [0.1, 0.15) is 40.0 Å². The Labute approximate surface area is 120 Å². The highest BCUT2D eigenvalue weighted by atomic mass is 32.2. The van der Waals surface area contributed by atoms with E-state index in [1.165, 1.54) is 7.11 Å². The van der Waals surface area contributed by atoms with Crippen molar-refractivity contribution in [1.82, 2.24) is 5.32 Å². The molecule has 0 aromatic heterocycles. The number of nitrogens with one attached hydrogen (secondary N) is 1. The fourth-order valence-electron chi connectivity index (χ4n) is 2.12. The lowest BCUT2D eigenvalue weighted by atomic mass is 9.96. The van der Waals surface area contributed by atoms with E-state index in [1.54, 1.807) is 11.8 Å². The minimum absolute atomic E-state index is 0.179. The molecule has 0 amide bonds. The summed E-state index contributed by atoms with van der Waals surface area (Å²) in [6.07, 6.45) is 3.05. The van der Waals surface area contributed by atoms with Gasteiger partial charge in [-0.05, 0) is 37.9 Å². The monoisotopic (exact) mass is 289 g/mol. The molecule has 1 aliphatic carbocycles. The molecule has 19 heavy (non-hydrogen) atoms. The van der Waals surface area contributed by atoms with Crippen LogP contribution in [0, 0.1) is 5.92 Å². The highest BCUT2D eigenvalue weighted by Crippen LogP contribution is 2.29. The van der Waals surface area contributed by atoms with Gasteiger partial charge in [-0.3, -0.25) is 10.1 Å². The molecule has 0 heterocycles. The summed E-state index contributed by atoms with van der Waals surface area (Å²) in [5.41, 5.74) is -0.592. The largest absolute Gasteiger partial charge is 0.468 e. The zero-order chi connectivity index (χ0) is 14.5. The van der Waals surface area contributed by atoms with Crippen LogP contribution < -0.4 is 5.32 Å². The first kappa shape index (κ1) is 16.8. The SMILES string of the molecule is COC(=O)C(C)(CC(C)SCC(C)CO)NC1CC1. The van der Waals surface area contributed by atoms with E-state index in [2.05, 4.69) is 12.2 Å². The van der Waals surface area contributed by atoms with Crippen LogP contribution in [0.15, 0.2) is 0 Å². The number of methoxy groups -OCH3 is 1. The molecule has 4 nitrogen and oxygen atoms in total. The lowest BCUT2D eigenvalue weighted by Crippen LogP contribution is -2.52. The normalized spacial score (nSPS) is 21.5. The zero-order valence-corrected chi connectivity index (χ0v) is 13.3. The average molecular weight is 289 g/mol. The van der Waals surface area contributed by atoms with Gasteiger partial charge in [-0.25, -0.2) is 0 Å². The van der Waals surface area contributed by atoms with E-state index in [1.807, 2.05) is 13.8 Å². The summed E-state index contributed by atoms with van der Waals surface area (Å²) < 4.78 is 4.94. The van der Waals surface area contributed by atoms with Crippen molar-refractivity contribution in [3.05, 3.63) is 0 Å². The molecule has 2 N–H and O–H groups in total. The van der Waals surface area contributed by atoms with Gasteiger partial charge in [0.2, 0.25) is 0 Å². The molecule has 0 bridgehead atoms. The third-order valence-electron chi connectivity index (χ3n) is 3.41. The Morgan fingerprint density at radius 3 is 2.63 bits per heavy atom. The van der Waals surface area contributed by atoms with Gasteiger partial charge < -0.3 is 9.84 Å². The molecular formula is C14H27NO3S. The summed E-state index contributed by atoms with van der Waals surface area (Å²) in [5.74, 6) is 1.04. The van der Waals surface area contributed by atoms with Crippen LogP contribution in [0.4, 0.5) is 0 Å². The van der Waals surface area contributed by atoms with Gasteiger partial charge in [0.15, 0.2) is 0 Å². The van der Waals surface area contributed by atoms with Gasteiger partial charge in [-0.2, -0.15) is 11.8 Å². The molecule has 3 atom stereocenters. The molecular weight excluding hydrogens is 262 g/mol. The Morgan fingerprint density at radius 2 is 2.16 bits per heavy atom. The van der Waals surface area contributed by atoms with E-state index >= 15 is 0 Å². The van der Waals surface area contributed by atoms with Crippen LogP contribution in [0.25, 0.3) is 0 Å². The summed E-state index contributed by atoms with van der Waals surface area (Å²) in [4.78, 5) is 12.0. The number of ether oxygens (including phenoxy) is 1. The summed E-state index contributed by atoms with van der Waals surface area (Å²) >= 11 is 1.80. The molecule has 112 valence electrons. The number of aliphatic hydroxyl groups is 1. The third kappa shape index (κ3) is 5.71. The van der Waals surface area contributed by atoms with Crippen LogP contribution >= 0.6 is 11.8 Å². The predicted molar refractivity (Wildman–Crippen MR) is 79.4 cm³/mol. The first-order chi connectivity index (χ1) is 8.91. The van der Waals surface area contributed by atoms with Crippen LogP contribution in [0.5, 0.6) is 0 Å². The maximum Gasteiger partial charge on any atom is 0.325 e. The van der Waals surface area contributed by atoms with Crippen molar-refractivity contribution >= 4 is 17.7 Å². The molecule has 0 aromatic carbocycles. The van der Waals surface area contributed by atoms with Crippen molar-refractivity contribution in [1.29, 1.82) is 0 Å². The molecule has 1 rings (SSSR count). The quantitative estimate of drug-likeness (QED) is 0.634. The standard InChI is InChI=1S/C14H27NO3S/c1-10(8-16)9-19-11(2)7-14(3,13(17)18-4)15-12-5-6-12/h10-12,15-16H,5-9H2,1-4H3. The van der Waals surface area contributed by atoms with Crippen molar-refractivity contribution in [2.24, 2.45) is 5.92 Å². The summed E-state index contributed by atoms with van der Waals surface area (Å²) in [6, 6.07) is 0.470. The lowest BCUT2D eigenvalue weighted by molar-refractivity contribution is -0.148. The fourth-order valence-corrected chi connectivity index (χ4v) is 3.33. The van der Waals surface area contributed by atoms with Crippen LogP contribution in [-0.4, -0.2) is 47.4 Å². The Morgan fingerprint density at radius 1 is 1.53 bits per heavy atom. The van der Waals surface area contributed by atoms with E-state index in [4.69, 9.17) is 9.84 Å². The molecule has 0 aliphatic heterocycles. The second-order valence-electron chi connectivity index (χ2n) is 5.88. The van der Waals surface area contributed by atoms with E-state index in [9.17, 15) is 4.79 Å². The summed E-state index contributed by atoms with van der Waals surface area (Å²) in [5, 5.41) is 12.8. The molecule has 1 fully saturated rings. The van der Waals surface area contributed by atoms with Gasteiger partial charge in [0, 0.05) is 17.9 Å². The predicted octanol–water partition coefficient (Wildman–Crippen LogP) is 1.81. The van der Waals surface area contributed by atoms with Crippen molar-refractivity contribution in [3.8, 4) is 0 Å². The Kier molecular flexibility index (Phi) is 6.63. The van der Waals surface area contributed by atoms with Crippen LogP contribution in [-0.2, 0) is 9.53 Å². The molecule has 1 aliphatic rings. The molecule has 0 saturated heterocycles. The van der Waals surface area contributed by atoms with E-state index in [0.29, 0.717) is 17.2 Å². The lowest BCUT2D eigenvalue weighted by Gasteiger charge is -2.31. The van der Waals surface area contributed by atoms with Gasteiger partial charge in [-0.1, -0.05) is 13.8 Å². The first-order valence-corrected chi connectivity index (χ1v) is 8.04. The number of carbonyl (C=O) groups excluding carboxylic acids is 1. The minimum atomic E-state index is -0.592. The van der Waals surface area contributed by atoms with Crippen molar-refractivity contribution in [2.75, 3.05) is 19.5 Å². The number of aliphatic hydroxyl groups excluding tert-OH is 1. The van der Waals surface area contributed by atoms with Gasteiger partial charge in [0.1, 0.15) is 5.54 Å². The van der Waals surface area contributed by atoms with Gasteiger partial charge in [0.05, 0.1) is 7.11 Å². The average Bonchev–Trinajstić information content (AvgIpc) is 3.18. The van der Waals surface area contributed by atoms with E-state index in [-0.39, 0.29) is 12.6 Å². The number of rotatable bonds is 9. The van der Waals surface area contributed by atoms with Gasteiger partial charge in [-0.15, -0.1) is 0 Å². The maximum absolute atomic E-state index is 12.0. The van der Waals surface area contributed by atoms with Crippen molar-refractivity contribution in [2.45, 2.75) is 56.9 Å². The smallest absolute Gasteiger partial charge is 0.325 e. The van der Waals surface area contributed by atoms with Crippen LogP contribution in [0.3, 0.4) is 0 Å². The number of hydrogen-bond acceptors (Lipinski definition) is 5. The molecule has 0 spiro atoms. The molecule has 0 radical (unpaired) electrons. The molecule has 3 unspecified atom stereocenters. The fraction of sp³-hybridized carbons (Fsp3) is 0.929.